The van der Waals surface area contributed by atoms with Crippen molar-refractivity contribution in [1.82, 2.24) is 0 Å². The Labute approximate surface area is 156 Å². The van der Waals surface area contributed by atoms with E-state index in [-0.39, 0.29) is 38.3 Å². The maximum atomic E-state index is 11.4. The van der Waals surface area contributed by atoms with Gasteiger partial charge in [-0.25, -0.2) is 0 Å². The molecule has 0 amide bonds. The van der Waals surface area contributed by atoms with Crippen LogP contribution in [0, 0.1) is 0 Å². The van der Waals surface area contributed by atoms with Crippen LogP contribution in [0.25, 0.3) is 0 Å². The molecule has 3 rings (SSSR count). The van der Waals surface area contributed by atoms with E-state index in [9.17, 15) is 5.11 Å². The number of hydrogen-bond donors (Lipinski definition) is 1. The molecule has 110 valence electrons. The van der Waals surface area contributed by atoms with Crippen molar-refractivity contribution < 1.29 is 7.96 Å². The fraction of sp³-hybridized carbons (Fsp3) is 0.0526. The van der Waals surface area contributed by atoms with E-state index < -0.39 is 5.60 Å². The standard InChI is InChI=1S/C19H16O.ClH.Mg.2H/c20-19(16-10-4-1-5-11-16,17-12-6-2-7-13-17)18-14-8-3-9-15-18;;;;/h1-15,20H;1H;;;/q;;+2;2*-1. The molecule has 0 unspecified atom stereocenters. The first kappa shape index (κ1) is 18.7. The molecule has 0 aliphatic carbocycles. The van der Waals surface area contributed by atoms with Crippen molar-refractivity contribution in [3.05, 3.63) is 108 Å². The van der Waals surface area contributed by atoms with Crippen LogP contribution in [0.2, 0.25) is 0 Å². The van der Waals surface area contributed by atoms with Gasteiger partial charge in [0.1, 0.15) is 5.60 Å². The van der Waals surface area contributed by atoms with Crippen LogP contribution >= 0.6 is 12.4 Å². The van der Waals surface area contributed by atoms with E-state index >= 15 is 0 Å². The molecular formula is C19H19ClMgO. The predicted molar refractivity (Wildman–Crippen MR) is 96.7 cm³/mol. The Morgan fingerprint density at radius 3 is 1.00 bits per heavy atom. The molecule has 0 heterocycles. The summed E-state index contributed by atoms with van der Waals surface area (Å²) in [6, 6.07) is 29.3. The normalized spacial score (nSPS) is 10.2. The fourth-order valence-corrected chi connectivity index (χ4v) is 2.54. The van der Waals surface area contributed by atoms with Crippen LogP contribution in [0.3, 0.4) is 0 Å². The van der Waals surface area contributed by atoms with Gasteiger partial charge < -0.3 is 7.96 Å². The van der Waals surface area contributed by atoms with Crippen molar-refractivity contribution in [1.29, 1.82) is 0 Å². The molecule has 22 heavy (non-hydrogen) atoms. The fourth-order valence-electron chi connectivity index (χ4n) is 2.54. The Balaban J connectivity index is 0. The van der Waals surface area contributed by atoms with Crippen molar-refractivity contribution in [2.24, 2.45) is 0 Å². The third-order valence-corrected chi connectivity index (χ3v) is 3.57. The summed E-state index contributed by atoms with van der Waals surface area (Å²) in [5.41, 5.74) is 1.50. The maximum absolute atomic E-state index is 11.4. The molecule has 0 aliphatic heterocycles. The summed E-state index contributed by atoms with van der Waals surface area (Å²) in [6.45, 7) is 0. The predicted octanol–water partition coefficient (Wildman–Crippen LogP) is 4.24. The van der Waals surface area contributed by atoms with E-state index in [1.54, 1.807) is 0 Å². The molecule has 3 aromatic rings. The van der Waals surface area contributed by atoms with E-state index in [1.807, 2.05) is 91.0 Å². The van der Waals surface area contributed by atoms with Crippen LogP contribution < -0.4 is 0 Å². The minimum atomic E-state index is -1.12. The first-order chi connectivity index (χ1) is 9.82. The molecular weight excluding hydrogens is 304 g/mol. The third kappa shape index (κ3) is 3.53. The molecule has 3 aromatic carbocycles. The topological polar surface area (TPSA) is 20.2 Å². The van der Waals surface area contributed by atoms with E-state index in [0.29, 0.717) is 0 Å². The van der Waals surface area contributed by atoms with Gasteiger partial charge >= 0.3 is 23.1 Å². The molecule has 0 saturated carbocycles. The molecule has 1 nitrogen and oxygen atoms in total. The summed E-state index contributed by atoms with van der Waals surface area (Å²) in [5, 5.41) is 11.4. The maximum Gasteiger partial charge on any atom is 2.00 e. The van der Waals surface area contributed by atoms with Gasteiger partial charge in [0.05, 0.1) is 0 Å². The number of halogens is 1. The van der Waals surface area contributed by atoms with E-state index in [1.165, 1.54) is 0 Å². The Morgan fingerprint density at radius 2 is 0.773 bits per heavy atom. The monoisotopic (exact) mass is 322 g/mol. The zero-order valence-corrected chi connectivity index (χ0v) is 14.5. The van der Waals surface area contributed by atoms with Gasteiger partial charge in [-0.1, -0.05) is 91.0 Å². The first-order valence-electron chi connectivity index (χ1n) is 6.71. The SMILES string of the molecule is Cl.OC(c1ccccc1)(c1ccccc1)c1ccccc1.[H-].[H-].[Mg+2]. The Hall–Kier alpha value is -1.32. The van der Waals surface area contributed by atoms with Gasteiger partial charge in [0, 0.05) is 0 Å². The molecule has 0 aliphatic rings. The molecule has 1 N–H and O–H groups in total. The second-order valence-corrected chi connectivity index (χ2v) is 4.81. The summed E-state index contributed by atoms with van der Waals surface area (Å²) in [4.78, 5) is 0. The van der Waals surface area contributed by atoms with Crippen molar-refractivity contribution in [3.63, 3.8) is 0 Å². The van der Waals surface area contributed by atoms with Gasteiger partial charge in [-0.3, -0.25) is 0 Å². The molecule has 0 spiro atoms. The van der Waals surface area contributed by atoms with Crippen molar-refractivity contribution in [2.45, 2.75) is 5.60 Å². The Bertz CT molecular complexity index is 585. The summed E-state index contributed by atoms with van der Waals surface area (Å²) in [7, 11) is 0. The number of aliphatic hydroxyl groups is 1. The average molecular weight is 323 g/mol. The molecule has 3 heteroatoms. The van der Waals surface area contributed by atoms with E-state index in [2.05, 4.69) is 0 Å². The third-order valence-electron chi connectivity index (χ3n) is 3.57. The smallest absolute Gasteiger partial charge is 1.00 e. The van der Waals surface area contributed by atoms with Crippen molar-refractivity contribution in [2.75, 3.05) is 0 Å². The molecule has 0 atom stereocenters. The molecule has 0 saturated heterocycles. The Kier molecular flexibility index (Phi) is 7.10. The van der Waals surface area contributed by atoms with Crippen LogP contribution in [-0.4, -0.2) is 28.2 Å². The van der Waals surface area contributed by atoms with Gasteiger partial charge in [0.25, 0.3) is 0 Å². The largest absolute Gasteiger partial charge is 2.00 e. The van der Waals surface area contributed by atoms with Crippen LogP contribution in [0.5, 0.6) is 0 Å². The van der Waals surface area contributed by atoms with Gasteiger partial charge in [-0.2, -0.15) is 0 Å². The van der Waals surface area contributed by atoms with Crippen molar-refractivity contribution in [3.8, 4) is 0 Å². The second-order valence-electron chi connectivity index (χ2n) is 4.81. The zero-order chi connectivity index (χ0) is 13.8. The van der Waals surface area contributed by atoms with Gasteiger partial charge in [-0.15, -0.1) is 12.4 Å². The average Bonchev–Trinajstić information content (AvgIpc) is 2.56. The summed E-state index contributed by atoms with van der Waals surface area (Å²) in [5.74, 6) is 0. The number of benzene rings is 3. The van der Waals surface area contributed by atoms with Crippen LogP contribution in [0.1, 0.15) is 19.5 Å². The molecule has 0 radical (unpaired) electrons. The molecule has 0 fully saturated rings. The molecule has 0 bridgehead atoms. The minimum absolute atomic E-state index is 0. The number of hydrogen-bond acceptors (Lipinski definition) is 1. The Morgan fingerprint density at radius 1 is 0.545 bits per heavy atom. The van der Waals surface area contributed by atoms with E-state index in [4.69, 9.17) is 0 Å². The van der Waals surface area contributed by atoms with Gasteiger partial charge in [-0.05, 0) is 16.7 Å². The van der Waals surface area contributed by atoms with Gasteiger partial charge in [0.15, 0.2) is 0 Å². The summed E-state index contributed by atoms with van der Waals surface area (Å²) in [6.07, 6.45) is 0. The summed E-state index contributed by atoms with van der Waals surface area (Å²) >= 11 is 0. The van der Waals surface area contributed by atoms with Crippen LogP contribution in [-0.2, 0) is 5.60 Å². The van der Waals surface area contributed by atoms with Crippen LogP contribution in [0.15, 0.2) is 91.0 Å². The van der Waals surface area contributed by atoms with E-state index in [0.717, 1.165) is 16.7 Å². The summed E-state index contributed by atoms with van der Waals surface area (Å²) < 4.78 is 0. The van der Waals surface area contributed by atoms with Crippen molar-refractivity contribution >= 4 is 35.5 Å². The quantitative estimate of drug-likeness (QED) is 0.565. The van der Waals surface area contributed by atoms with Crippen LogP contribution in [0.4, 0.5) is 0 Å². The van der Waals surface area contributed by atoms with Gasteiger partial charge in [0.2, 0.25) is 0 Å². The first-order valence-corrected chi connectivity index (χ1v) is 6.71. The molecule has 0 aromatic heterocycles. The second kappa shape index (κ2) is 8.35. The zero-order valence-electron chi connectivity index (χ0n) is 14.2. The minimum Gasteiger partial charge on any atom is -1.00 e. The number of rotatable bonds is 3.